The first-order valence-electron chi connectivity index (χ1n) is 8.90. The van der Waals surface area contributed by atoms with Crippen molar-refractivity contribution in [3.63, 3.8) is 0 Å². The predicted molar refractivity (Wildman–Crippen MR) is 101 cm³/mol. The summed E-state index contributed by atoms with van der Waals surface area (Å²) in [5.41, 5.74) is -1.13. The molecule has 0 amide bonds. The molecule has 1 heterocycles. The maximum absolute atomic E-state index is 13.3. The maximum atomic E-state index is 13.3. The van der Waals surface area contributed by atoms with Crippen molar-refractivity contribution < 1.29 is 42.0 Å². The summed E-state index contributed by atoms with van der Waals surface area (Å²) in [5.74, 6) is -4.57. The van der Waals surface area contributed by atoms with Crippen molar-refractivity contribution in [2.75, 3.05) is 13.2 Å². The zero-order valence-corrected chi connectivity index (χ0v) is 16.4. The number of nitrogens with zero attached hydrogens (tertiary/aromatic N) is 2. The van der Waals surface area contributed by atoms with Gasteiger partial charge in [-0.05, 0) is 38.1 Å². The minimum Gasteiger partial charge on any atom is -0.461 e. The molecule has 0 atom stereocenters. The fraction of sp³-hybridized carbons (Fsp3) is 0.200. The van der Waals surface area contributed by atoms with Crippen LogP contribution in [0.3, 0.4) is 0 Å². The van der Waals surface area contributed by atoms with E-state index in [1.165, 1.54) is 25.1 Å². The highest BCUT2D eigenvalue weighted by molar-refractivity contribution is 6.43. The lowest BCUT2D eigenvalue weighted by molar-refractivity contribution is -0.135. The highest BCUT2D eigenvalue weighted by Gasteiger charge is 2.22. The third-order valence-electron chi connectivity index (χ3n) is 3.69. The lowest BCUT2D eigenvalue weighted by atomic mass is 10.1. The zero-order valence-electron chi connectivity index (χ0n) is 16.4. The number of carbonyl (C=O) groups excluding carboxylic acids is 2. The van der Waals surface area contributed by atoms with Crippen LogP contribution in [-0.4, -0.2) is 41.2 Å². The smallest absolute Gasteiger partial charge is 0.361 e. The summed E-state index contributed by atoms with van der Waals surface area (Å²) in [6, 6.07) is 7.47. The molecular weight excluding hydrogens is 421 g/mol. The van der Waals surface area contributed by atoms with Crippen molar-refractivity contribution in [1.29, 1.82) is 0 Å². The van der Waals surface area contributed by atoms with Crippen molar-refractivity contribution in [3.05, 3.63) is 65.1 Å². The van der Waals surface area contributed by atoms with Crippen LogP contribution in [0, 0.1) is 17.5 Å². The molecule has 8 nitrogen and oxygen atoms in total. The molecule has 0 aliphatic heterocycles. The number of hydrogen-bond acceptors (Lipinski definition) is 8. The summed E-state index contributed by atoms with van der Waals surface area (Å²) in [6.45, 7) is 3.49. The van der Waals surface area contributed by atoms with E-state index in [1.54, 1.807) is 13.0 Å². The molecular formula is C20H17F3N2O6. The molecule has 0 bridgehead atoms. The van der Waals surface area contributed by atoms with Gasteiger partial charge in [-0.2, -0.15) is 0 Å². The first-order valence-corrected chi connectivity index (χ1v) is 8.90. The quantitative estimate of drug-likeness (QED) is 0.279. The number of carbonyl (C=O) groups is 2. The largest absolute Gasteiger partial charge is 0.461 e. The maximum Gasteiger partial charge on any atom is 0.361 e. The van der Waals surface area contributed by atoms with E-state index in [9.17, 15) is 22.8 Å². The molecule has 0 radical (unpaired) electrons. The highest BCUT2D eigenvalue weighted by Crippen LogP contribution is 2.21. The molecule has 0 fully saturated rings. The van der Waals surface area contributed by atoms with E-state index in [2.05, 4.69) is 15.0 Å². The van der Waals surface area contributed by atoms with Crippen molar-refractivity contribution in [2.45, 2.75) is 13.8 Å². The van der Waals surface area contributed by atoms with E-state index in [4.69, 9.17) is 14.5 Å². The monoisotopic (exact) mass is 438 g/mol. The molecule has 0 aliphatic carbocycles. The Morgan fingerprint density at radius 2 is 1.68 bits per heavy atom. The van der Waals surface area contributed by atoms with E-state index in [1.807, 2.05) is 0 Å². The Morgan fingerprint density at radius 3 is 2.32 bits per heavy atom. The SMILES string of the molecule is CCOC(=O)C(=NO)c1cccc(F)c1F.CCOC(=O)c1noc2c(F)cccc12. The molecule has 3 rings (SSSR count). The lowest BCUT2D eigenvalue weighted by Crippen LogP contribution is -2.20. The minimum absolute atomic E-state index is 0.00588. The summed E-state index contributed by atoms with van der Waals surface area (Å²) in [5, 5.41) is 15.0. The Hall–Kier alpha value is -3.89. The Kier molecular flexibility index (Phi) is 8.12. The van der Waals surface area contributed by atoms with Gasteiger partial charge in [0.25, 0.3) is 0 Å². The molecule has 0 unspecified atom stereocenters. The number of rotatable bonds is 5. The Bertz CT molecular complexity index is 1110. The van der Waals surface area contributed by atoms with Gasteiger partial charge in [-0.25, -0.2) is 22.8 Å². The fourth-order valence-corrected chi connectivity index (χ4v) is 2.37. The van der Waals surface area contributed by atoms with E-state index in [-0.39, 0.29) is 24.5 Å². The molecule has 11 heteroatoms. The van der Waals surface area contributed by atoms with Crippen molar-refractivity contribution in [1.82, 2.24) is 5.16 Å². The minimum atomic E-state index is -1.26. The number of hydrogen-bond donors (Lipinski definition) is 1. The number of halogens is 3. The number of fused-ring (bicyclic) bond motifs is 1. The van der Waals surface area contributed by atoms with E-state index < -0.39 is 40.7 Å². The topological polar surface area (TPSA) is 111 Å². The molecule has 0 saturated heterocycles. The first kappa shape index (κ1) is 23.4. The third-order valence-corrected chi connectivity index (χ3v) is 3.69. The van der Waals surface area contributed by atoms with Crippen LogP contribution in [0.1, 0.15) is 29.9 Å². The van der Waals surface area contributed by atoms with Gasteiger partial charge in [0, 0.05) is 5.56 Å². The fourth-order valence-electron chi connectivity index (χ4n) is 2.37. The van der Waals surface area contributed by atoms with E-state index >= 15 is 0 Å². The molecule has 0 spiro atoms. The zero-order chi connectivity index (χ0) is 23.0. The molecule has 31 heavy (non-hydrogen) atoms. The van der Waals surface area contributed by atoms with Crippen molar-refractivity contribution in [2.24, 2.45) is 5.16 Å². The molecule has 2 aromatic carbocycles. The van der Waals surface area contributed by atoms with E-state index in [0.717, 1.165) is 12.1 Å². The second-order valence-electron chi connectivity index (χ2n) is 5.64. The van der Waals surface area contributed by atoms with Gasteiger partial charge in [-0.15, -0.1) is 0 Å². The summed E-state index contributed by atoms with van der Waals surface area (Å²) in [4.78, 5) is 22.6. The van der Waals surface area contributed by atoms with Gasteiger partial charge in [0.15, 0.2) is 28.9 Å². The Balaban J connectivity index is 0.000000220. The Labute approximate surface area is 173 Å². The molecule has 1 aromatic heterocycles. The predicted octanol–water partition coefficient (Wildman–Crippen LogP) is 3.85. The number of esters is 2. The van der Waals surface area contributed by atoms with Crippen LogP contribution in [0.25, 0.3) is 11.0 Å². The standard InChI is InChI=1S/C10H9F2NO3.C10H8FNO3/c1-2-16-10(14)9(13-15)6-4-3-5-7(11)8(6)12;1-2-14-10(13)8-6-4-3-5-7(11)9(6)15-12-8/h3-5,15H,2H2,1H3;3-5H,2H2,1H3. The average Bonchev–Trinajstić information content (AvgIpc) is 3.18. The van der Waals surface area contributed by atoms with Crippen LogP contribution in [0.4, 0.5) is 13.2 Å². The van der Waals surface area contributed by atoms with Crippen LogP contribution in [0.15, 0.2) is 46.1 Å². The lowest BCUT2D eigenvalue weighted by Gasteiger charge is -2.05. The van der Waals surface area contributed by atoms with Crippen molar-refractivity contribution >= 4 is 28.6 Å². The number of benzene rings is 2. The van der Waals surface area contributed by atoms with Crippen LogP contribution in [0.2, 0.25) is 0 Å². The van der Waals surface area contributed by atoms with E-state index in [0.29, 0.717) is 5.39 Å². The van der Waals surface area contributed by atoms with Crippen LogP contribution >= 0.6 is 0 Å². The third kappa shape index (κ3) is 5.38. The molecule has 0 saturated carbocycles. The van der Waals surface area contributed by atoms with Gasteiger partial charge in [0.05, 0.1) is 18.6 Å². The average molecular weight is 438 g/mol. The summed E-state index contributed by atoms with van der Waals surface area (Å²) >= 11 is 0. The Morgan fingerprint density at radius 1 is 1.03 bits per heavy atom. The number of ether oxygens (including phenoxy) is 2. The van der Waals surface area contributed by atoms with Gasteiger partial charge in [-0.1, -0.05) is 22.4 Å². The molecule has 3 aromatic rings. The highest BCUT2D eigenvalue weighted by atomic mass is 19.2. The normalized spacial score (nSPS) is 10.9. The van der Waals surface area contributed by atoms with Gasteiger partial charge >= 0.3 is 11.9 Å². The van der Waals surface area contributed by atoms with Gasteiger partial charge < -0.3 is 19.2 Å². The van der Waals surface area contributed by atoms with Crippen LogP contribution in [-0.2, 0) is 14.3 Å². The molecule has 1 N–H and O–H groups in total. The van der Waals surface area contributed by atoms with Crippen LogP contribution < -0.4 is 0 Å². The molecule has 164 valence electrons. The number of aromatic nitrogens is 1. The first-order chi connectivity index (χ1) is 14.8. The number of para-hydroxylation sites is 1. The molecule has 0 aliphatic rings. The summed E-state index contributed by atoms with van der Waals surface area (Å²) < 4.78 is 53.3. The summed E-state index contributed by atoms with van der Waals surface area (Å²) in [6.07, 6.45) is 0. The van der Waals surface area contributed by atoms with Gasteiger partial charge in [0.2, 0.25) is 5.58 Å². The van der Waals surface area contributed by atoms with Crippen molar-refractivity contribution in [3.8, 4) is 0 Å². The van der Waals surface area contributed by atoms with Gasteiger partial charge in [0.1, 0.15) is 0 Å². The second-order valence-corrected chi connectivity index (χ2v) is 5.64. The summed E-state index contributed by atoms with van der Waals surface area (Å²) in [7, 11) is 0. The second kappa shape index (κ2) is 10.8. The van der Waals surface area contributed by atoms with Gasteiger partial charge in [-0.3, -0.25) is 0 Å². The van der Waals surface area contributed by atoms with Crippen LogP contribution in [0.5, 0.6) is 0 Å². The number of oxime groups is 1.